The molecule has 14 heavy (non-hydrogen) atoms. The number of hydrogen-bond acceptors (Lipinski definition) is 3. The first kappa shape index (κ1) is 10.5. The van der Waals surface area contributed by atoms with Crippen LogP contribution in [0.1, 0.15) is 16.1 Å². The smallest absolute Gasteiger partial charge is 0.190 e. The summed E-state index contributed by atoms with van der Waals surface area (Å²) in [7, 11) is 5.55. The lowest BCUT2D eigenvalue weighted by molar-refractivity contribution is 0.104. The van der Waals surface area contributed by atoms with Crippen LogP contribution in [0.3, 0.4) is 0 Å². The van der Waals surface area contributed by atoms with Crippen LogP contribution in [0.4, 0.5) is 0 Å². The van der Waals surface area contributed by atoms with Crippen LogP contribution in [-0.4, -0.2) is 34.6 Å². The van der Waals surface area contributed by atoms with Crippen molar-refractivity contribution in [1.29, 1.82) is 0 Å². The molecular weight excluding hydrogens is 178 g/mol. The predicted octanol–water partition coefficient (Wildman–Crippen LogP) is 0.987. The third-order valence-corrected chi connectivity index (χ3v) is 1.80. The Labute approximate surface area is 83.8 Å². The highest BCUT2D eigenvalue weighted by atomic mass is 16.1. The van der Waals surface area contributed by atoms with Crippen LogP contribution in [0, 0.1) is 6.92 Å². The number of nitrogens with zero attached hydrogens (tertiary/aromatic N) is 3. The zero-order valence-electron chi connectivity index (χ0n) is 8.98. The van der Waals surface area contributed by atoms with Crippen molar-refractivity contribution in [3.05, 3.63) is 29.7 Å². The molecule has 76 valence electrons. The Kier molecular flexibility index (Phi) is 3.06. The molecule has 0 saturated carbocycles. The summed E-state index contributed by atoms with van der Waals surface area (Å²) in [6, 6.07) is 0. The van der Waals surface area contributed by atoms with Crippen molar-refractivity contribution in [2.45, 2.75) is 6.92 Å². The van der Waals surface area contributed by atoms with E-state index in [1.54, 1.807) is 30.2 Å². The fourth-order valence-corrected chi connectivity index (χ4v) is 1.15. The van der Waals surface area contributed by atoms with Gasteiger partial charge >= 0.3 is 0 Å². The van der Waals surface area contributed by atoms with Crippen LogP contribution in [-0.2, 0) is 7.05 Å². The lowest BCUT2D eigenvalue weighted by atomic mass is 10.2. The third-order valence-electron chi connectivity index (χ3n) is 1.80. The van der Waals surface area contributed by atoms with Crippen molar-refractivity contribution in [3.8, 4) is 0 Å². The molecule has 0 aromatic carbocycles. The first-order valence-corrected chi connectivity index (χ1v) is 4.40. The topological polar surface area (TPSA) is 38.1 Å². The maximum atomic E-state index is 11.6. The minimum absolute atomic E-state index is 0.00991. The van der Waals surface area contributed by atoms with E-state index < -0.39 is 0 Å². The number of carbonyl (C=O) groups excluding carboxylic acids is 1. The summed E-state index contributed by atoms with van der Waals surface area (Å²) in [6.07, 6.45) is 5.01. The monoisotopic (exact) mass is 193 g/mol. The SMILES string of the molecule is Cc1nn(C)cc1C(=O)/C=C\N(C)C. The van der Waals surface area contributed by atoms with E-state index in [1.807, 2.05) is 25.9 Å². The molecule has 0 aliphatic rings. The van der Waals surface area contributed by atoms with E-state index in [1.165, 1.54) is 0 Å². The fraction of sp³-hybridized carbons (Fsp3) is 0.400. The number of aryl methyl sites for hydroxylation is 2. The van der Waals surface area contributed by atoms with Gasteiger partial charge in [0.2, 0.25) is 0 Å². The third kappa shape index (κ3) is 2.45. The quantitative estimate of drug-likeness (QED) is 0.530. The van der Waals surface area contributed by atoms with Crippen LogP contribution in [0.15, 0.2) is 18.5 Å². The molecule has 0 aliphatic heterocycles. The normalized spacial score (nSPS) is 10.9. The van der Waals surface area contributed by atoms with Crippen molar-refractivity contribution < 1.29 is 4.79 Å². The molecule has 1 aromatic rings. The van der Waals surface area contributed by atoms with Crippen molar-refractivity contribution in [2.75, 3.05) is 14.1 Å². The molecule has 0 radical (unpaired) electrons. The Hall–Kier alpha value is -1.58. The molecule has 1 heterocycles. The van der Waals surface area contributed by atoms with Crippen LogP contribution in [0.25, 0.3) is 0 Å². The molecule has 0 unspecified atom stereocenters. The summed E-state index contributed by atoms with van der Waals surface area (Å²) in [5, 5.41) is 4.11. The van der Waals surface area contributed by atoms with Gasteiger partial charge in [0.25, 0.3) is 0 Å². The van der Waals surface area contributed by atoms with Crippen LogP contribution in [0.5, 0.6) is 0 Å². The van der Waals surface area contributed by atoms with Crippen molar-refractivity contribution >= 4 is 5.78 Å². The van der Waals surface area contributed by atoms with Gasteiger partial charge in [0.05, 0.1) is 11.3 Å². The first-order chi connectivity index (χ1) is 6.50. The summed E-state index contributed by atoms with van der Waals surface area (Å²) in [5.74, 6) is -0.00991. The molecule has 0 saturated heterocycles. The predicted molar refractivity (Wildman–Crippen MR) is 55.1 cm³/mol. The number of ketones is 1. The molecule has 0 aliphatic carbocycles. The summed E-state index contributed by atoms with van der Waals surface area (Å²) in [4.78, 5) is 13.4. The van der Waals surface area contributed by atoms with E-state index in [-0.39, 0.29) is 5.78 Å². The molecule has 0 spiro atoms. The van der Waals surface area contributed by atoms with Gasteiger partial charge in [-0.3, -0.25) is 9.48 Å². The van der Waals surface area contributed by atoms with E-state index in [2.05, 4.69) is 5.10 Å². The highest BCUT2D eigenvalue weighted by Crippen LogP contribution is 2.06. The second kappa shape index (κ2) is 4.09. The van der Waals surface area contributed by atoms with E-state index in [4.69, 9.17) is 0 Å². The van der Waals surface area contributed by atoms with E-state index in [0.717, 1.165) is 5.69 Å². The second-order valence-electron chi connectivity index (χ2n) is 3.45. The molecule has 0 bridgehead atoms. The zero-order valence-corrected chi connectivity index (χ0v) is 8.98. The lowest BCUT2D eigenvalue weighted by Crippen LogP contribution is -2.03. The zero-order chi connectivity index (χ0) is 10.7. The van der Waals surface area contributed by atoms with Gasteiger partial charge in [-0.25, -0.2) is 0 Å². The average molecular weight is 193 g/mol. The van der Waals surface area contributed by atoms with Gasteiger partial charge in [0, 0.05) is 39.6 Å². The molecular formula is C10H15N3O. The first-order valence-electron chi connectivity index (χ1n) is 4.40. The largest absolute Gasteiger partial charge is 0.383 e. The van der Waals surface area contributed by atoms with Crippen molar-refractivity contribution in [1.82, 2.24) is 14.7 Å². The van der Waals surface area contributed by atoms with Crippen molar-refractivity contribution in [2.24, 2.45) is 7.05 Å². The lowest BCUT2D eigenvalue weighted by Gasteiger charge is -2.01. The molecule has 0 fully saturated rings. The average Bonchev–Trinajstić information content (AvgIpc) is 2.41. The number of aromatic nitrogens is 2. The molecule has 0 amide bonds. The number of allylic oxidation sites excluding steroid dienone is 1. The summed E-state index contributed by atoms with van der Waals surface area (Å²) < 4.78 is 1.64. The summed E-state index contributed by atoms with van der Waals surface area (Å²) in [6.45, 7) is 1.83. The molecule has 4 nitrogen and oxygen atoms in total. The second-order valence-corrected chi connectivity index (χ2v) is 3.45. The van der Waals surface area contributed by atoms with Crippen LogP contribution < -0.4 is 0 Å². The molecule has 1 rings (SSSR count). The Morgan fingerprint density at radius 2 is 2.21 bits per heavy atom. The fourth-order valence-electron chi connectivity index (χ4n) is 1.15. The van der Waals surface area contributed by atoms with Gasteiger partial charge in [0.1, 0.15) is 0 Å². The maximum Gasteiger partial charge on any atom is 0.190 e. The van der Waals surface area contributed by atoms with Crippen molar-refractivity contribution in [3.63, 3.8) is 0 Å². The van der Waals surface area contributed by atoms with Gasteiger partial charge in [-0.1, -0.05) is 0 Å². The van der Waals surface area contributed by atoms with Gasteiger partial charge in [-0.05, 0) is 6.92 Å². The van der Waals surface area contributed by atoms with E-state index in [0.29, 0.717) is 5.56 Å². The molecule has 4 heteroatoms. The standard InChI is InChI=1S/C10H15N3O/c1-8-9(7-13(4)11-8)10(14)5-6-12(2)3/h5-7H,1-4H3/b6-5-. The molecule has 1 aromatic heterocycles. The number of carbonyl (C=O) groups is 1. The van der Waals surface area contributed by atoms with E-state index >= 15 is 0 Å². The van der Waals surface area contributed by atoms with Gasteiger partial charge in [-0.2, -0.15) is 5.10 Å². The molecule has 0 N–H and O–H groups in total. The van der Waals surface area contributed by atoms with Gasteiger partial charge < -0.3 is 4.90 Å². The van der Waals surface area contributed by atoms with Crippen LogP contribution >= 0.6 is 0 Å². The van der Waals surface area contributed by atoms with Gasteiger partial charge in [0.15, 0.2) is 5.78 Å². The Morgan fingerprint density at radius 1 is 1.57 bits per heavy atom. The molecule has 0 atom stereocenters. The highest BCUT2D eigenvalue weighted by molar-refractivity contribution is 6.05. The maximum absolute atomic E-state index is 11.6. The Morgan fingerprint density at radius 3 is 2.64 bits per heavy atom. The Bertz CT molecular complexity index is 363. The summed E-state index contributed by atoms with van der Waals surface area (Å²) in [5.41, 5.74) is 1.42. The minimum atomic E-state index is -0.00991. The summed E-state index contributed by atoms with van der Waals surface area (Å²) >= 11 is 0. The van der Waals surface area contributed by atoms with Crippen LogP contribution in [0.2, 0.25) is 0 Å². The highest BCUT2D eigenvalue weighted by Gasteiger charge is 2.08. The minimum Gasteiger partial charge on any atom is -0.383 e. The van der Waals surface area contributed by atoms with Gasteiger partial charge in [-0.15, -0.1) is 0 Å². The Balaban J connectivity index is 2.85. The number of hydrogen-bond donors (Lipinski definition) is 0. The number of rotatable bonds is 3. The van der Waals surface area contributed by atoms with E-state index in [9.17, 15) is 4.79 Å².